The Balaban J connectivity index is 2.01. The van der Waals surface area contributed by atoms with Gasteiger partial charge >= 0.3 is 0 Å². The molecular formula is C17H18ClNO2S. The SMILES string of the molecule is CCCOc1c(C(=S)c2cnoc2C2CC2)ccc(Cl)c1C. The number of ether oxygens (including phenoxy) is 1. The average molecular weight is 336 g/mol. The Morgan fingerprint density at radius 2 is 2.18 bits per heavy atom. The lowest BCUT2D eigenvalue weighted by Crippen LogP contribution is -2.07. The van der Waals surface area contributed by atoms with E-state index in [0.29, 0.717) is 22.4 Å². The summed E-state index contributed by atoms with van der Waals surface area (Å²) < 4.78 is 11.3. The van der Waals surface area contributed by atoms with E-state index in [1.165, 1.54) is 0 Å². The molecule has 0 atom stereocenters. The molecule has 1 aromatic heterocycles. The van der Waals surface area contributed by atoms with E-state index in [1.54, 1.807) is 6.20 Å². The first-order chi connectivity index (χ1) is 10.6. The predicted octanol–water partition coefficient (Wildman–Crippen LogP) is 5.07. The highest BCUT2D eigenvalue weighted by atomic mass is 35.5. The zero-order chi connectivity index (χ0) is 15.7. The molecule has 0 N–H and O–H groups in total. The van der Waals surface area contributed by atoms with Crippen LogP contribution in [0.3, 0.4) is 0 Å². The molecule has 3 rings (SSSR count). The van der Waals surface area contributed by atoms with Crippen molar-refractivity contribution in [2.45, 2.75) is 39.0 Å². The number of hydrogen-bond acceptors (Lipinski definition) is 4. The molecule has 0 saturated heterocycles. The van der Waals surface area contributed by atoms with Crippen molar-refractivity contribution in [3.63, 3.8) is 0 Å². The topological polar surface area (TPSA) is 35.3 Å². The van der Waals surface area contributed by atoms with E-state index in [-0.39, 0.29) is 0 Å². The van der Waals surface area contributed by atoms with Gasteiger partial charge in [0.2, 0.25) is 0 Å². The fraction of sp³-hybridized carbons (Fsp3) is 0.412. The van der Waals surface area contributed by atoms with Crippen LogP contribution in [0, 0.1) is 6.92 Å². The van der Waals surface area contributed by atoms with E-state index >= 15 is 0 Å². The number of hydrogen-bond donors (Lipinski definition) is 0. The monoisotopic (exact) mass is 335 g/mol. The van der Waals surface area contributed by atoms with Gasteiger partial charge in [-0.25, -0.2) is 0 Å². The molecule has 0 amide bonds. The van der Waals surface area contributed by atoms with Crippen LogP contribution < -0.4 is 4.74 Å². The van der Waals surface area contributed by atoms with Crippen molar-refractivity contribution in [1.82, 2.24) is 5.16 Å². The van der Waals surface area contributed by atoms with Gasteiger partial charge in [-0.3, -0.25) is 0 Å². The molecule has 1 aliphatic rings. The first kappa shape index (κ1) is 15.5. The van der Waals surface area contributed by atoms with Gasteiger partial charge in [0, 0.05) is 22.1 Å². The van der Waals surface area contributed by atoms with Gasteiger partial charge in [0.05, 0.1) is 23.2 Å². The minimum atomic E-state index is 0.462. The van der Waals surface area contributed by atoms with Gasteiger partial charge in [-0.1, -0.05) is 35.9 Å². The second kappa shape index (κ2) is 6.39. The van der Waals surface area contributed by atoms with E-state index in [4.69, 9.17) is 33.1 Å². The molecule has 0 aliphatic heterocycles. The van der Waals surface area contributed by atoms with Crippen LogP contribution >= 0.6 is 23.8 Å². The van der Waals surface area contributed by atoms with E-state index in [1.807, 2.05) is 19.1 Å². The number of benzene rings is 1. The standard InChI is InChI=1S/C17H18ClNO2S/c1-3-8-20-15-10(2)14(18)7-6-12(15)17(22)13-9-19-21-16(13)11-4-5-11/h6-7,9,11H,3-5,8H2,1-2H3. The van der Waals surface area contributed by atoms with Crippen molar-refractivity contribution in [2.75, 3.05) is 6.61 Å². The lowest BCUT2D eigenvalue weighted by molar-refractivity contribution is 0.315. The first-order valence-electron chi connectivity index (χ1n) is 7.54. The Bertz CT molecular complexity index is 707. The Hall–Kier alpha value is -1.39. The second-order valence-electron chi connectivity index (χ2n) is 5.60. The van der Waals surface area contributed by atoms with Crippen molar-refractivity contribution in [3.8, 4) is 5.75 Å². The lowest BCUT2D eigenvalue weighted by atomic mass is 10.0. The molecule has 2 aromatic rings. The fourth-order valence-corrected chi connectivity index (χ4v) is 2.90. The predicted molar refractivity (Wildman–Crippen MR) is 91.3 cm³/mol. The van der Waals surface area contributed by atoms with Crippen LogP contribution in [0.2, 0.25) is 5.02 Å². The summed E-state index contributed by atoms with van der Waals surface area (Å²) >= 11 is 11.9. The lowest BCUT2D eigenvalue weighted by Gasteiger charge is -2.15. The highest BCUT2D eigenvalue weighted by Crippen LogP contribution is 2.43. The van der Waals surface area contributed by atoms with Crippen LogP contribution in [0.25, 0.3) is 0 Å². The van der Waals surface area contributed by atoms with Gasteiger partial charge in [-0.05, 0) is 38.3 Å². The van der Waals surface area contributed by atoms with E-state index in [0.717, 1.165) is 47.5 Å². The molecule has 22 heavy (non-hydrogen) atoms. The summed E-state index contributed by atoms with van der Waals surface area (Å²) in [4.78, 5) is 0.717. The summed E-state index contributed by atoms with van der Waals surface area (Å²) in [7, 11) is 0. The summed E-state index contributed by atoms with van der Waals surface area (Å²) in [6.07, 6.45) is 4.93. The first-order valence-corrected chi connectivity index (χ1v) is 8.33. The van der Waals surface area contributed by atoms with Crippen molar-refractivity contribution >= 4 is 28.7 Å². The Morgan fingerprint density at radius 3 is 2.86 bits per heavy atom. The molecule has 5 heteroatoms. The van der Waals surface area contributed by atoms with Crippen LogP contribution in [-0.2, 0) is 0 Å². The number of thiocarbonyl (C=S) groups is 1. The van der Waals surface area contributed by atoms with Gasteiger partial charge < -0.3 is 9.26 Å². The maximum Gasteiger partial charge on any atom is 0.148 e. The van der Waals surface area contributed by atoms with Gasteiger partial charge in [-0.15, -0.1) is 0 Å². The second-order valence-corrected chi connectivity index (χ2v) is 6.42. The van der Waals surface area contributed by atoms with E-state index in [2.05, 4.69) is 12.1 Å². The summed E-state index contributed by atoms with van der Waals surface area (Å²) in [6, 6.07) is 3.79. The molecule has 0 unspecified atom stereocenters. The molecule has 3 nitrogen and oxygen atoms in total. The van der Waals surface area contributed by atoms with E-state index in [9.17, 15) is 0 Å². The molecule has 1 aromatic carbocycles. The average Bonchev–Trinajstić information content (AvgIpc) is 3.25. The Morgan fingerprint density at radius 1 is 1.41 bits per heavy atom. The van der Waals surface area contributed by atoms with Gasteiger partial charge in [0.1, 0.15) is 11.5 Å². The molecule has 0 spiro atoms. The zero-order valence-corrected chi connectivity index (χ0v) is 14.3. The summed E-state index contributed by atoms with van der Waals surface area (Å²) in [5.74, 6) is 2.13. The molecule has 1 heterocycles. The van der Waals surface area contributed by atoms with Crippen LogP contribution in [0.15, 0.2) is 22.9 Å². The molecule has 116 valence electrons. The van der Waals surface area contributed by atoms with Gasteiger partial charge in [0.25, 0.3) is 0 Å². The van der Waals surface area contributed by atoms with Crippen molar-refractivity contribution in [3.05, 3.63) is 45.8 Å². The largest absolute Gasteiger partial charge is 0.493 e. The summed E-state index contributed by atoms with van der Waals surface area (Å²) in [5.41, 5.74) is 2.70. The fourth-order valence-electron chi connectivity index (χ4n) is 2.44. The van der Waals surface area contributed by atoms with Crippen molar-refractivity contribution in [2.24, 2.45) is 0 Å². The summed E-state index contributed by atoms with van der Waals surface area (Å²) in [6.45, 7) is 4.66. The quantitative estimate of drug-likeness (QED) is 0.545. The van der Waals surface area contributed by atoms with Crippen molar-refractivity contribution in [1.29, 1.82) is 0 Å². The third-order valence-electron chi connectivity index (χ3n) is 3.83. The third kappa shape index (κ3) is 2.90. The maximum atomic E-state index is 6.23. The van der Waals surface area contributed by atoms with Crippen LogP contribution in [0.5, 0.6) is 5.75 Å². The molecule has 1 fully saturated rings. The summed E-state index contributed by atoms with van der Waals surface area (Å²) in [5, 5.41) is 4.62. The van der Waals surface area contributed by atoms with Crippen LogP contribution in [0.4, 0.5) is 0 Å². The maximum absolute atomic E-state index is 6.23. The minimum Gasteiger partial charge on any atom is -0.493 e. The Labute approximate surface area is 140 Å². The normalized spacial score (nSPS) is 14.1. The van der Waals surface area contributed by atoms with Crippen LogP contribution in [0.1, 0.15) is 54.6 Å². The zero-order valence-electron chi connectivity index (χ0n) is 12.7. The highest BCUT2D eigenvalue weighted by Gasteiger charge is 2.32. The van der Waals surface area contributed by atoms with E-state index < -0.39 is 0 Å². The van der Waals surface area contributed by atoms with Gasteiger partial charge in [-0.2, -0.15) is 0 Å². The molecular weight excluding hydrogens is 318 g/mol. The van der Waals surface area contributed by atoms with Gasteiger partial charge in [0.15, 0.2) is 0 Å². The number of nitrogens with zero attached hydrogens (tertiary/aromatic N) is 1. The molecule has 1 saturated carbocycles. The smallest absolute Gasteiger partial charge is 0.148 e. The number of aromatic nitrogens is 1. The van der Waals surface area contributed by atoms with Crippen molar-refractivity contribution < 1.29 is 9.26 Å². The third-order valence-corrected chi connectivity index (χ3v) is 4.68. The minimum absolute atomic E-state index is 0.462. The molecule has 0 radical (unpaired) electrons. The molecule has 1 aliphatic carbocycles. The number of halogens is 1. The number of rotatable bonds is 6. The Kier molecular flexibility index (Phi) is 4.50. The van der Waals surface area contributed by atoms with Crippen LogP contribution in [-0.4, -0.2) is 16.6 Å². The highest BCUT2D eigenvalue weighted by molar-refractivity contribution is 7.81. The molecule has 0 bridgehead atoms.